The minimum absolute atomic E-state index is 0.105. The lowest BCUT2D eigenvalue weighted by molar-refractivity contribution is 0.0772. The van der Waals surface area contributed by atoms with E-state index in [1.807, 2.05) is 25.1 Å². The molecule has 0 radical (unpaired) electrons. The molecule has 1 fully saturated rings. The molecule has 0 bridgehead atoms. The summed E-state index contributed by atoms with van der Waals surface area (Å²) >= 11 is 0. The van der Waals surface area contributed by atoms with Gasteiger partial charge in [-0.05, 0) is 55.0 Å². The molecule has 158 valence electrons. The van der Waals surface area contributed by atoms with Gasteiger partial charge in [0.15, 0.2) is 0 Å². The summed E-state index contributed by atoms with van der Waals surface area (Å²) in [7, 11) is -3.56. The van der Waals surface area contributed by atoms with E-state index in [0.717, 1.165) is 31.2 Å². The molecule has 6 heteroatoms. The van der Waals surface area contributed by atoms with Crippen molar-refractivity contribution in [2.45, 2.75) is 37.5 Å². The molecule has 1 amide bonds. The van der Waals surface area contributed by atoms with Crippen LogP contribution in [0.2, 0.25) is 0 Å². The highest BCUT2D eigenvalue weighted by atomic mass is 32.2. The van der Waals surface area contributed by atoms with Crippen molar-refractivity contribution in [1.82, 2.24) is 9.21 Å². The molecule has 2 aliphatic rings. The maximum atomic E-state index is 13.2. The Morgan fingerprint density at radius 2 is 1.67 bits per heavy atom. The second kappa shape index (κ2) is 8.74. The number of nitrogens with zero attached hydrogens (tertiary/aromatic N) is 2. The standard InChI is InChI=1S/C24H28N2O3S/c1-19-10-11-22(30(28,29)26-14-6-3-7-15-26)18-23(19)24(27)25-16-12-21(13-17-25)20-8-4-2-5-9-20/h2,4-5,8-12,18H,3,6-7,13-17H2,1H3. The lowest BCUT2D eigenvalue weighted by atomic mass is 9.99. The molecule has 1 saturated heterocycles. The molecule has 0 atom stereocenters. The summed E-state index contributed by atoms with van der Waals surface area (Å²) in [4.78, 5) is 15.2. The molecule has 4 rings (SSSR count). The van der Waals surface area contributed by atoms with Gasteiger partial charge in [-0.25, -0.2) is 8.42 Å². The van der Waals surface area contributed by atoms with Gasteiger partial charge in [0.2, 0.25) is 10.0 Å². The van der Waals surface area contributed by atoms with E-state index >= 15 is 0 Å². The van der Waals surface area contributed by atoms with Gasteiger partial charge in [-0.3, -0.25) is 4.79 Å². The Labute approximate surface area is 179 Å². The predicted molar refractivity (Wildman–Crippen MR) is 119 cm³/mol. The number of hydrogen-bond acceptors (Lipinski definition) is 3. The van der Waals surface area contributed by atoms with Crippen LogP contribution in [0.3, 0.4) is 0 Å². The van der Waals surface area contributed by atoms with Crippen LogP contribution in [0.4, 0.5) is 0 Å². The van der Waals surface area contributed by atoms with Crippen molar-refractivity contribution in [3.8, 4) is 0 Å². The summed E-state index contributed by atoms with van der Waals surface area (Å²) in [6.45, 7) is 4.13. The lowest BCUT2D eigenvalue weighted by Gasteiger charge is -2.28. The van der Waals surface area contributed by atoms with Crippen LogP contribution in [0, 0.1) is 6.92 Å². The highest BCUT2D eigenvalue weighted by Crippen LogP contribution is 2.26. The smallest absolute Gasteiger partial charge is 0.254 e. The molecule has 2 aliphatic heterocycles. The predicted octanol–water partition coefficient (Wildman–Crippen LogP) is 4.10. The second-order valence-electron chi connectivity index (χ2n) is 8.04. The van der Waals surface area contributed by atoms with E-state index in [-0.39, 0.29) is 10.8 Å². The fourth-order valence-electron chi connectivity index (χ4n) is 4.18. The molecule has 0 aromatic heterocycles. The maximum absolute atomic E-state index is 13.2. The van der Waals surface area contributed by atoms with Crippen molar-refractivity contribution in [3.05, 3.63) is 71.3 Å². The maximum Gasteiger partial charge on any atom is 0.254 e. The van der Waals surface area contributed by atoms with Crippen LogP contribution >= 0.6 is 0 Å². The molecule has 2 aromatic carbocycles. The summed E-state index contributed by atoms with van der Waals surface area (Å²) < 4.78 is 27.6. The highest BCUT2D eigenvalue weighted by Gasteiger charge is 2.28. The number of benzene rings is 2. The van der Waals surface area contributed by atoms with Gasteiger partial charge in [0.25, 0.3) is 5.91 Å². The molecule has 0 spiro atoms. The Kier molecular flexibility index (Phi) is 6.06. The minimum atomic E-state index is -3.56. The quantitative estimate of drug-likeness (QED) is 0.743. The van der Waals surface area contributed by atoms with Crippen LogP contribution < -0.4 is 0 Å². The Morgan fingerprint density at radius 1 is 0.933 bits per heavy atom. The molecule has 2 aromatic rings. The molecular weight excluding hydrogens is 396 g/mol. The zero-order valence-corrected chi connectivity index (χ0v) is 18.2. The molecule has 0 unspecified atom stereocenters. The summed E-state index contributed by atoms with van der Waals surface area (Å²) in [5.74, 6) is -0.105. The van der Waals surface area contributed by atoms with E-state index in [1.54, 1.807) is 27.4 Å². The van der Waals surface area contributed by atoms with Gasteiger partial charge in [0, 0.05) is 31.7 Å². The number of aryl methyl sites for hydroxylation is 1. The van der Waals surface area contributed by atoms with Crippen LogP contribution in [-0.4, -0.2) is 49.7 Å². The highest BCUT2D eigenvalue weighted by molar-refractivity contribution is 7.89. The Bertz CT molecular complexity index is 1060. The molecule has 30 heavy (non-hydrogen) atoms. The number of amides is 1. The van der Waals surface area contributed by atoms with Gasteiger partial charge in [0.05, 0.1) is 4.90 Å². The summed E-state index contributed by atoms with van der Waals surface area (Å²) in [6, 6.07) is 15.1. The third kappa shape index (κ3) is 4.20. The zero-order valence-electron chi connectivity index (χ0n) is 17.4. The number of piperidine rings is 1. The first-order valence-electron chi connectivity index (χ1n) is 10.6. The average molecular weight is 425 g/mol. The van der Waals surface area contributed by atoms with E-state index in [2.05, 4.69) is 18.2 Å². The number of rotatable bonds is 4. The van der Waals surface area contributed by atoms with Crippen molar-refractivity contribution in [1.29, 1.82) is 0 Å². The summed E-state index contributed by atoms with van der Waals surface area (Å²) in [5.41, 5.74) is 3.72. The fourth-order valence-corrected chi connectivity index (χ4v) is 5.73. The minimum Gasteiger partial charge on any atom is -0.335 e. The monoisotopic (exact) mass is 424 g/mol. The van der Waals surface area contributed by atoms with Gasteiger partial charge in [-0.15, -0.1) is 0 Å². The average Bonchev–Trinajstić information content (AvgIpc) is 2.80. The van der Waals surface area contributed by atoms with Crippen LogP contribution in [0.1, 0.15) is 47.2 Å². The van der Waals surface area contributed by atoms with E-state index in [9.17, 15) is 13.2 Å². The normalized spacial score (nSPS) is 18.2. The van der Waals surface area contributed by atoms with Gasteiger partial charge >= 0.3 is 0 Å². The van der Waals surface area contributed by atoms with Gasteiger partial charge in [-0.1, -0.05) is 48.9 Å². The van der Waals surface area contributed by atoms with Crippen LogP contribution in [0.15, 0.2) is 59.5 Å². The van der Waals surface area contributed by atoms with Crippen LogP contribution in [0.5, 0.6) is 0 Å². The van der Waals surface area contributed by atoms with Crippen molar-refractivity contribution >= 4 is 21.5 Å². The first-order valence-corrected chi connectivity index (χ1v) is 12.1. The first kappa shape index (κ1) is 20.8. The number of carbonyl (C=O) groups is 1. The van der Waals surface area contributed by atoms with E-state index < -0.39 is 10.0 Å². The zero-order chi connectivity index (χ0) is 21.1. The van der Waals surface area contributed by atoms with E-state index in [0.29, 0.717) is 31.7 Å². The largest absolute Gasteiger partial charge is 0.335 e. The summed E-state index contributed by atoms with van der Waals surface area (Å²) in [5, 5.41) is 0. The van der Waals surface area contributed by atoms with Crippen LogP contribution in [-0.2, 0) is 10.0 Å². The van der Waals surface area contributed by atoms with Crippen molar-refractivity contribution in [2.75, 3.05) is 26.2 Å². The molecule has 0 N–H and O–H groups in total. The van der Waals surface area contributed by atoms with E-state index in [1.165, 1.54) is 11.1 Å². The molecule has 5 nitrogen and oxygen atoms in total. The molecule has 0 aliphatic carbocycles. The Morgan fingerprint density at radius 3 is 2.33 bits per heavy atom. The van der Waals surface area contributed by atoms with Gasteiger partial charge < -0.3 is 4.90 Å². The number of sulfonamides is 1. The molecule has 2 heterocycles. The fraction of sp³-hybridized carbons (Fsp3) is 0.375. The van der Waals surface area contributed by atoms with Gasteiger partial charge in [0.1, 0.15) is 0 Å². The van der Waals surface area contributed by atoms with Crippen molar-refractivity contribution < 1.29 is 13.2 Å². The van der Waals surface area contributed by atoms with Crippen LogP contribution in [0.25, 0.3) is 5.57 Å². The third-order valence-electron chi connectivity index (χ3n) is 6.03. The lowest BCUT2D eigenvalue weighted by Crippen LogP contribution is -2.36. The SMILES string of the molecule is Cc1ccc(S(=O)(=O)N2CCCCC2)cc1C(=O)N1CC=C(c2ccccc2)CC1. The third-order valence-corrected chi connectivity index (χ3v) is 7.93. The van der Waals surface area contributed by atoms with Gasteiger partial charge in [-0.2, -0.15) is 4.31 Å². The number of carbonyl (C=O) groups excluding carboxylic acids is 1. The summed E-state index contributed by atoms with van der Waals surface area (Å²) in [6.07, 6.45) is 5.74. The Balaban J connectivity index is 1.55. The Hall–Kier alpha value is -2.44. The topological polar surface area (TPSA) is 57.7 Å². The second-order valence-corrected chi connectivity index (χ2v) is 9.98. The van der Waals surface area contributed by atoms with Crippen molar-refractivity contribution in [2.24, 2.45) is 0 Å². The van der Waals surface area contributed by atoms with Crippen molar-refractivity contribution in [3.63, 3.8) is 0 Å². The molecular formula is C24H28N2O3S. The van der Waals surface area contributed by atoms with E-state index in [4.69, 9.17) is 0 Å². The first-order chi connectivity index (χ1) is 14.5. The number of hydrogen-bond donors (Lipinski definition) is 0. The molecule has 0 saturated carbocycles.